The molecule has 96 valence electrons. The average Bonchev–Trinajstić information content (AvgIpc) is 2.28. The summed E-state index contributed by atoms with van der Waals surface area (Å²) < 4.78 is 12.9. The molecule has 0 bridgehead atoms. The predicted octanol–water partition coefficient (Wildman–Crippen LogP) is 4.53. The molecule has 1 aromatic carbocycles. The molecule has 0 saturated carbocycles. The quantitative estimate of drug-likeness (QED) is 0.692. The zero-order chi connectivity index (χ0) is 12.7. The molecule has 1 N–H and O–H groups in total. The molecule has 1 unspecified atom stereocenters. The summed E-state index contributed by atoms with van der Waals surface area (Å²) in [5.74, 6) is -0.235. The summed E-state index contributed by atoms with van der Waals surface area (Å²) in [6.07, 6.45) is 6.29. The van der Waals surface area contributed by atoms with Crippen LogP contribution in [0.5, 0.6) is 0 Å². The van der Waals surface area contributed by atoms with Crippen molar-refractivity contribution < 1.29 is 9.50 Å². The van der Waals surface area contributed by atoms with E-state index in [1.807, 2.05) is 6.92 Å². The number of rotatable bonds is 7. The molecule has 1 nitrogen and oxygen atoms in total. The smallest absolute Gasteiger partial charge is 0.123 e. The normalized spacial score (nSPS) is 12.7. The number of hydrogen-bond acceptors (Lipinski definition) is 1. The van der Waals surface area contributed by atoms with Crippen molar-refractivity contribution in [2.24, 2.45) is 0 Å². The van der Waals surface area contributed by atoms with Gasteiger partial charge in [0, 0.05) is 0 Å². The summed E-state index contributed by atoms with van der Waals surface area (Å²) >= 11 is 0. The van der Waals surface area contributed by atoms with E-state index in [0.29, 0.717) is 0 Å². The van der Waals surface area contributed by atoms with E-state index >= 15 is 0 Å². The monoisotopic (exact) mass is 238 g/mol. The van der Waals surface area contributed by atoms with E-state index in [1.165, 1.54) is 37.8 Å². The van der Waals surface area contributed by atoms with Crippen molar-refractivity contribution in [3.8, 4) is 0 Å². The highest BCUT2D eigenvalue weighted by molar-refractivity contribution is 5.28. The first-order valence-corrected chi connectivity index (χ1v) is 6.59. The molecule has 0 amide bonds. The highest BCUT2D eigenvalue weighted by atomic mass is 19.1. The number of hydrogen-bond donors (Lipinski definition) is 1. The molecule has 0 heterocycles. The average molecular weight is 238 g/mol. The minimum absolute atomic E-state index is 0.235. The van der Waals surface area contributed by atoms with E-state index in [-0.39, 0.29) is 5.82 Å². The van der Waals surface area contributed by atoms with Crippen LogP contribution in [0.2, 0.25) is 0 Å². The van der Waals surface area contributed by atoms with Gasteiger partial charge in [0.1, 0.15) is 5.82 Å². The lowest BCUT2D eigenvalue weighted by molar-refractivity contribution is 0.162. The summed E-state index contributed by atoms with van der Waals surface area (Å²) in [7, 11) is 0. The summed E-state index contributed by atoms with van der Waals surface area (Å²) in [5, 5.41) is 10.0. The van der Waals surface area contributed by atoms with Gasteiger partial charge in [0.25, 0.3) is 0 Å². The first kappa shape index (κ1) is 14.2. The van der Waals surface area contributed by atoms with Gasteiger partial charge in [0.15, 0.2) is 0 Å². The predicted molar refractivity (Wildman–Crippen MR) is 69.5 cm³/mol. The molecular weight excluding hydrogens is 215 g/mol. The molecule has 1 atom stereocenters. The fourth-order valence-corrected chi connectivity index (χ4v) is 2.11. The van der Waals surface area contributed by atoms with Gasteiger partial charge in [-0.25, -0.2) is 4.39 Å². The fourth-order valence-electron chi connectivity index (χ4n) is 2.11. The minimum atomic E-state index is -0.447. The molecule has 0 aromatic heterocycles. The Bertz CT molecular complexity index is 336. The Hall–Kier alpha value is -0.890. The van der Waals surface area contributed by atoms with Gasteiger partial charge in [-0.1, -0.05) is 45.1 Å². The summed E-state index contributed by atoms with van der Waals surface area (Å²) in [6.45, 7) is 4.04. The molecule has 0 radical (unpaired) electrons. The first-order chi connectivity index (χ1) is 8.15. The zero-order valence-corrected chi connectivity index (χ0v) is 10.9. The second-order valence-electron chi connectivity index (χ2n) is 4.72. The second-order valence-corrected chi connectivity index (χ2v) is 4.72. The lowest BCUT2D eigenvalue weighted by Crippen LogP contribution is -2.00. The van der Waals surface area contributed by atoms with E-state index in [2.05, 4.69) is 6.92 Å². The highest BCUT2D eigenvalue weighted by Gasteiger charge is 2.10. The summed E-state index contributed by atoms with van der Waals surface area (Å²) in [5.41, 5.74) is 1.70. The maximum Gasteiger partial charge on any atom is 0.123 e. The van der Waals surface area contributed by atoms with Crippen molar-refractivity contribution in [3.63, 3.8) is 0 Å². The Kier molecular flexibility index (Phi) is 6.20. The molecule has 0 spiro atoms. The SMILES string of the molecule is CCCCCCCC(O)c1ccc(F)cc1C. The van der Waals surface area contributed by atoms with Crippen LogP contribution in [0.1, 0.15) is 62.7 Å². The standard InChI is InChI=1S/C15H23FO/c1-3-4-5-6-7-8-15(17)14-10-9-13(16)11-12(14)2/h9-11,15,17H,3-8H2,1-2H3. The number of halogens is 1. The zero-order valence-electron chi connectivity index (χ0n) is 10.9. The van der Waals surface area contributed by atoms with Crippen molar-refractivity contribution >= 4 is 0 Å². The minimum Gasteiger partial charge on any atom is -0.388 e. The highest BCUT2D eigenvalue weighted by Crippen LogP contribution is 2.23. The molecule has 0 aliphatic carbocycles. The van der Waals surface area contributed by atoms with E-state index in [0.717, 1.165) is 24.0 Å². The van der Waals surface area contributed by atoms with E-state index < -0.39 is 6.10 Å². The Balaban J connectivity index is 2.38. The Morgan fingerprint density at radius 3 is 2.53 bits per heavy atom. The number of aryl methyl sites for hydroxylation is 1. The third-order valence-electron chi connectivity index (χ3n) is 3.17. The Labute approximate surface area is 104 Å². The fraction of sp³-hybridized carbons (Fsp3) is 0.600. The topological polar surface area (TPSA) is 20.2 Å². The number of benzene rings is 1. The summed E-state index contributed by atoms with van der Waals surface area (Å²) in [4.78, 5) is 0. The Morgan fingerprint density at radius 1 is 1.18 bits per heavy atom. The molecule has 1 aromatic rings. The lowest BCUT2D eigenvalue weighted by atomic mass is 9.98. The van der Waals surface area contributed by atoms with E-state index in [4.69, 9.17) is 0 Å². The van der Waals surface area contributed by atoms with Crippen molar-refractivity contribution in [1.82, 2.24) is 0 Å². The third-order valence-corrected chi connectivity index (χ3v) is 3.17. The van der Waals surface area contributed by atoms with Crippen LogP contribution < -0.4 is 0 Å². The number of aliphatic hydroxyl groups is 1. The summed E-state index contributed by atoms with van der Waals surface area (Å²) in [6, 6.07) is 4.60. The Morgan fingerprint density at radius 2 is 1.88 bits per heavy atom. The van der Waals surface area contributed by atoms with Gasteiger partial charge in [0.05, 0.1) is 6.10 Å². The van der Waals surface area contributed by atoms with Crippen molar-refractivity contribution in [3.05, 3.63) is 35.1 Å². The molecule has 17 heavy (non-hydrogen) atoms. The largest absolute Gasteiger partial charge is 0.388 e. The van der Waals surface area contributed by atoms with Crippen LogP contribution in [0.3, 0.4) is 0 Å². The maximum atomic E-state index is 12.9. The van der Waals surface area contributed by atoms with E-state index in [9.17, 15) is 9.50 Å². The van der Waals surface area contributed by atoms with Gasteiger partial charge < -0.3 is 5.11 Å². The van der Waals surface area contributed by atoms with E-state index in [1.54, 1.807) is 6.07 Å². The molecule has 0 fully saturated rings. The van der Waals surface area contributed by atoms with Crippen molar-refractivity contribution in [2.45, 2.75) is 58.5 Å². The van der Waals surface area contributed by atoms with Crippen LogP contribution in [0.25, 0.3) is 0 Å². The van der Waals surface area contributed by atoms with Crippen LogP contribution in [-0.4, -0.2) is 5.11 Å². The van der Waals surface area contributed by atoms with Gasteiger partial charge in [-0.2, -0.15) is 0 Å². The molecule has 1 rings (SSSR count). The van der Waals surface area contributed by atoms with Crippen LogP contribution in [0.4, 0.5) is 4.39 Å². The van der Waals surface area contributed by atoms with Crippen LogP contribution in [0.15, 0.2) is 18.2 Å². The van der Waals surface area contributed by atoms with Crippen LogP contribution in [0, 0.1) is 12.7 Å². The second kappa shape index (κ2) is 7.44. The van der Waals surface area contributed by atoms with Gasteiger partial charge in [-0.05, 0) is 36.6 Å². The lowest BCUT2D eigenvalue weighted by Gasteiger charge is -2.13. The number of unbranched alkanes of at least 4 members (excludes halogenated alkanes) is 4. The molecule has 0 aliphatic rings. The molecule has 0 aliphatic heterocycles. The maximum absolute atomic E-state index is 12.9. The van der Waals surface area contributed by atoms with Gasteiger partial charge >= 0.3 is 0 Å². The molecular formula is C15H23FO. The van der Waals surface area contributed by atoms with Crippen LogP contribution >= 0.6 is 0 Å². The van der Waals surface area contributed by atoms with Crippen LogP contribution in [-0.2, 0) is 0 Å². The van der Waals surface area contributed by atoms with Crippen molar-refractivity contribution in [1.29, 1.82) is 0 Å². The first-order valence-electron chi connectivity index (χ1n) is 6.59. The number of aliphatic hydroxyl groups excluding tert-OH is 1. The van der Waals surface area contributed by atoms with Gasteiger partial charge in [-0.3, -0.25) is 0 Å². The van der Waals surface area contributed by atoms with Crippen molar-refractivity contribution in [2.75, 3.05) is 0 Å². The molecule has 0 saturated heterocycles. The van der Waals surface area contributed by atoms with Gasteiger partial charge in [-0.15, -0.1) is 0 Å². The third kappa shape index (κ3) is 4.86. The van der Waals surface area contributed by atoms with Gasteiger partial charge in [0.2, 0.25) is 0 Å². The molecule has 2 heteroatoms.